The Morgan fingerprint density at radius 2 is 2.21 bits per heavy atom. The van der Waals surface area contributed by atoms with Crippen molar-refractivity contribution >= 4 is 34.2 Å². The van der Waals surface area contributed by atoms with E-state index in [-0.39, 0.29) is 0 Å². The second kappa shape index (κ2) is 5.52. The minimum Gasteiger partial charge on any atom is -0.364 e. The van der Waals surface area contributed by atoms with Crippen molar-refractivity contribution in [1.82, 2.24) is 14.8 Å². The number of halogens is 1. The highest BCUT2D eigenvalue weighted by atomic mass is 79.9. The van der Waals surface area contributed by atoms with Gasteiger partial charge < -0.3 is 5.32 Å². The number of nitrogens with one attached hydrogen (secondary N) is 1. The normalized spacial score (nSPS) is 10.5. The second-order valence-corrected chi connectivity index (χ2v) is 5.13. The van der Waals surface area contributed by atoms with Gasteiger partial charge in [-0.25, -0.2) is 4.98 Å². The summed E-state index contributed by atoms with van der Waals surface area (Å²) in [7, 11) is 1.94. The first-order chi connectivity index (χ1) is 9.04. The van der Waals surface area contributed by atoms with Crippen LogP contribution in [0.3, 0.4) is 0 Å². The summed E-state index contributed by atoms with van der Waals surface area (Å²) < 4.78 is 2.76. The number of anilines is 1. The van der Waals surface area contributed by atoms with Crippen LogP contribution < -0.4 is 5.32 Å². The van der Waals surface area contributed by atoms with Crippen molar-refractivity contribution in [3.05, 3.63) is 33.7 Å². The molecule has 5 nitrogen and oxygen atoms in total. The maximum Gasteiger partial charge on any atom is 0.153 e. The standard InChI is InChI=1S/C13H16BrN5/c1-8-10(9(2)19(4)18-8)7-17-13-12(15-3)11(14)5-6-16-13/h5-6H,3,7H2,1-2,4H3,(H,16,17). The van der Waals surface area contributed by atoms with Gasteiger partial charge >= 0.3 is 0 Å². The van der Waals surface area contributed by atoms with Crippen LogP contribution in [0.4, 0.5) is 11.5 Å². The first kappa shape index (κ1) is 13.7. The highest BCUT2D eigenvalue weighted by Gasteiger charge is 2.11. The topological polar surface area (TPSA) is 55.1 Å². The molecule has 0 fully saturated rings. The summed E-state index contributed by atoms with van der Waals surface area (Å²) >= 11 is 3.44. The number of nitrogens with zero attached hydrogens (tertiary/aromatic N) is 4. The minimum atomic E-state index is 0.664. The average Bonchev–Trinajstić information content (AvgIpc) is 2.61. The van der Waals surface area contributed by atoms with E-state index in [4.69, 9.17) is 0 Å². The summed E-state index contributed by atoms with van der Waals surface area (Å²) in [5, 5.41) is 7.68. The van der Waals surface area contributed by atoms with E-state index in [1.165, 1.54) is 5.56 Å². The molecule has 0 saturated carbocycles. The fourth-order valence-electron chi connectivity index (χ4n) is 1.96. The molecule has 2 rings (SSSR count). The lowest BCUT2D eigenvalue weighted by Crippen LogP contribution is -2.04. The van der Waals surface area contributed by atoms with E-state index in [1.54, 1.807) is 6.20 Å². The van der Waals surface area contributed by atoms with E-state index in [0.717, 1.165) is 21.5 Å². The van der Waals surface area contributed by atoms with Gasteiger partial charge in [-0.1, -0.05) is 0 Å². The molecule has 100 valence electrons. The van der Waals surface area contributed by atoms with Crippen molar-refractivity contribution < 1.29 is 0 Å². The molecule has 0 bridgehead atoms. The van der Waals surface area contributed by atoms with Gasteiger partial charge in [-0.05, 0) is 42.6 Å². The Kier molecular flexibility index (Phi) is 3.99. The first-order valence-corrected chi connectivity index (χ1v) is 6.68. The van der Waals surface area contributed by atoms with E-state index in [1.807, 2.05) is 24.7 Å². The van der Waals surface area contributed by atoms with Crippen molar-refractivity contribution in [2.45, 2.75) is 20.4 Å². The molecule has 0 aliphatic carbocycles. The third-order valence-corrected chi connectivity index (χ3v) is 3.76. The van der Waals surface area contributed by atoms with Gasteiger partial charge in [0, 0.05) is 35.5 Å². The highest BCUT2D eigenvalue weighted by molar-refractivity contribution is 9.10. The fourth-order valence-corrected chi connectivity index (χ4v) is 2.39. The largest absolute Gasteiger partial charge is 0.364 e. The number of rotatable bonds is 4. The van der Waals surface area contributed by atoms with Crippen LogP contribution in [-0.2, 0) is 13.6 Å². The number of aliphatic imine (C=N–C) groups is 1. The van der Waals surface area contributed by atoms with Crippen LogP contribution in [-0.4, -0.2) is 21.5 Å². The van der Waals surface area contributed by atoms with Crippen molar-refractivity contribution in [3.63, 3.8) is 0 Å². The minimum absolute atomic E-state index is 0.664. The van der Waals surface area contributed by atoms with E-state index in [0.29, 0.717) is 12.4 Å². The predicted molar refractivity (Wildman–Crippen MR) is 81.2 cm³/mol. The van der Waals surface area contributed by atoms with Crippen LogP contribution in [0.25, 0.3) is 0 Å². The third kappa shape index (κ3) is 2.68. The van der Waals surface area contributed by atoms with Crippen LogP contribution >= 0.6 is 15.9 Å². The number of hydrogen-bond donors (Lipinski definition) is 1. The zero-order valence-electron chi connectivity index (χ0n) is 11.2. The molecular formula is C13H16BrN5. The lowest BCUT2D eigenvalue weighted by atomic mass is 10.2. The van der Waals surface area contributed by atoms with Gasteiger partial charge in [0.25, 0.3) is 0 Å². The summed E-state index contributed by atoms with van der Waals surface area (Å²) in [5.41, 5.74) is 4.07. The molecule has 6 heteroatoms. The Labute approximate surface area is 120 Å². The zero-order chi connectivity index (χ0) is 14.0. The van der Waals surface area contributed by atoms with Crippen molar-refractivity contribution in [2.75, 3.05) is 5.32 Å². The molecule has 2 aromatic rings. The summed E-state index contributed by atoms with van der Waals surface area (Å²) in [6, 6.07) is 1.84. The van der Waals surface area contributed by atoms with Gasteiger partial charge in [0.15, 0.2) is 5.82 Å². The smallest absolute Gasteiger partial charge is 0.153 e. The molecule has 0 unspecified atom stereocenters. The molecule has 0 radical (unpaired) electrons. The first-order valence-electron chi connectivity index (χ1n) is 5.88. The van der Waals surface area contributed by atoms with E-state index < -0.39 is 0 Å². The molecule has 19 heavy (non-hydrogen) atoms. The zero-order valence-corrected chi connectivity index (χ0v) is 12.8. The molecule has 0 aliphatic heterocycles. The summed E-state index contributed by atoms with van der Waals surface area (Å²) in [5.74, 6) is 0.715. The summed E-state index contributed by atoms with van der Waals surface area (Å²) in [6.45, 7) is 8.29. The van der Waals surface area contributed by atoms with Gasteiger partial charge in [0.05, 0.1) is 5.69 Å². The SMILES string of the molecule is C=Nc1c(Br)ccnc1NCc1c(C)nn(C)c1C. The molecule has 0 spiro atoms. The monoisotopic (exact) mass is 321 g/mol. The molecule has 0 aromatic carbocycles. The third-order valence-electron chi connectivity index (χ3n) is 3.12. The number of aryl methyl sites for hydroxylation is 2. The summed E-state index contributed by atoms with van der Waals surface area (Å²) in [6.07, 6.45) is 1.73. The highest BCUT2D eigenvalue weighted by Crippen LogP contribution is 2.31. The Hall–Kier alpha value is -1.69. The van der Waals surface area contributed by atoms with Crippen LogP contribution in [0.2, 0.25) is 0 Å². The molecular weight excluding hydrogens is 306 g/mol. The van der Waals surface area contributed by atoms with Crippen molar-refractivity contribution in [1.29, 1.82) is 0 Å². The number of pyridine rings is 1. The number of aromatic nitrogens is 3. The Morgan fingerprint density at radius 1 is 1.47 bits per heavy atom. The van der Waals surface area contributed by atoms with E-state index in [2.05, 4.69) is 50.0 Å². The quantitative estimate of drug-likeness (QED) is 0.880. The molecule has 0 aliphatic rings. The van der Waals surface area contributed by atoms with Crippen LogP contribution in [0.15, 0.2) is 21.7 Å². The van der Waals surface area contributed by atoms with Gasteiger partial charge in [-0.3, -0.25) is 9.67 Å². The molecule has 1 N–H and O–H groups in total. The molecule has 0 atom stereocenters. The molecule has 0 saturated heterocycles. The Morgan fingerprint density at radius 3 is 2.79 bits per heavy atom. The molecule has 2 heterocycles. The lowest BCUT2D eigenvalue weighted by molar-refractivity contribution is 0.730. The van der Waals surface area contributed by atoms with Crippen LogP contribution in [0.1, 0.15) is 17.0 Å². The number of hydrogen-bond acceptors (Lipinski definition) is 4. The van der Waals surface area contributed by atoms with Crippen molar-refractivity contribution in [3.8, 4) is 0 Å². The molecule has 0 amide bonds. The van der Waals surface area contributed by atoms with E-state index >= 15 is 0 Å². The Bertz CT molecular complexity index is 618. The van der Waals surface area contributed by atoms with E-state index in [9.17, 15) is 0 Å². The molecule has 2 aromatic heterocycles. The van der Waals surface area contributed by atoms with Crippen molar-refractivity contribution in [2.24, 2.45) is 12.0 Å². The lowest BCUT2D eigenvalue weighted by Gasteiger charge is -2.09. The van der Waals surface area contributed by atoms with Crippen LogP contribution in [0.5, 0.6) is 0 Å². The Balaban J connectivity index is 2.24. The average molecular weight is 322 g/mol. The van der Waals surface area contributed by atoms with Gasteiger partial charge in [-0.15, -0.1) is 0 Å². The fraction of sp³-hybridized carbons (Fsp3) is 0.308. The van der Waals surface area contributed by atoms with Gasteiger partial charge in [-0.2, -0.15) is 5.10 Å². The summed E-state index contributed by atoms with van der Waals surface area (Å²) in [4.78, 5) is 8.28. The van der Waals surface area contributed by atoms with Gasteiger partial charge in [0.1, 0.15) is 5.69 Å². The van der Waals surface area contributed by atoms with Crippen LogP contribution in [0, 0.1) is 13.8 Å². The maximum absolute atomic E-state index is 4.39. The second-order valence-electron chi connectivity index (χ2n) is 4.27. The predicted octanol–water partition coefficient (Wildman–Crippen LogP) is 3.14. The maximum atomic E-state index is 4.39. The van der Waals surface area contributed by atoms with Gasteiger partial charge in [0.2, 0.25) is 0 Å².